The van der Waals surface area contributed by atoms with Crippen molar-refractivity contribution in [2.24, 2.45) is 0 Å². The van der Waals surface area contributed by atoms with Gasteiger partial charge in [-0.2, -0.15) is 0 Å². The minimum Gasteiger partial charge on any atom is -0.338 e. The zero-order chi connectivity index (χ0) is 12.7. The Kier molecular flexibility index (Phi) is 3.18. The summed E-state index contributed by atoms with van der Waals surface area (Å²) in [6.07, 6.45) is 0. The Morgan fingerprint density at radius 1 is 1.11 bits per heavy atom. The van der Waals surface area contributed by atoms with Crippen molar-refractivity contribution in [3.63, 3.8) is 0 Å². The monoisotopic (exact) mass is 384 g/mol. The van der Waals surface area contributed by atoms with E-state index in [0.717, 1.165) is 31.4 Å². The fourth-order valence-corrected chi connectivity index (χ4v) is 2.82. The Balaban J connectivity index is 2.26. The fourth-order valence-electron chi connectivity index (χ4n) is 1.80. The van der Waals surface area contributed by atoms with Crippen LogP contribution in [-0.2, 0) is 0 Å². The highest BCUT2D eigenvalue weighted by molar-refractivity contribution is 9.11. The van der Waals surface area contributed by atoms with E-state index in [9.17, 15) is 0 Å². The Bertz CT molecular complexity index is 737. The molecule has 2 aromatic carbocycles. The van der Waals surface area contributed by atoms with E-state index in [0.29, 0.717) is 5.02 Å². The summed E-state index contributed by atoms with van der Waals surface area (Å²) in [7, 11) is 0. The minimum absolute atomic E-state index is 0.654. The molecule has 0 unspecified atom stereocenters. The highest BCUT2D eigenvalue weighted by atomic mass is 79.9. The second-order valence-corrected chi connectivity index (χ2v) is 6.02. The number of hydrogen-bond donors (Lipinski definition) is 1. The number of nitrogens with one attached hydrogen (secondary N) is 1. The average molecular weight is 386 g/mol. The Morgan fingerprint density at radius 3 is 2.72 bits per heavy atom. The third kappa shape index (κ3) is 2.09. The summed E-state index contributed by atoms with van der Waals surface area (Å²) in [5.41, 5.74) is 2.72. The molecule has 0 aliphatic carbocycles. The molecule has 0 spiro atoms. The molecule has 0 atom stereocenters. The predicted octanol–water partition coefficient (Wildman–Crippen LogP) is 5.41. The van der Waals surface area contributed by atoms with Crippen LogP contribution >= 0.6 is 43.5 Å². The van der Waals surface area contributed by atoms with Crippen LogP contribution in [0.3, 0.4) is 0 Å². The third-order valence-corrected chi connectivity index (χ3v) is 4.14. The molecule has 1 N–H and O–H groups in total. The Hall–Kier alpha value is -0.840. The highest BCUT2D eigenvalue weighted by Gasteiger charge is 2.10. The van der Waals surface area contributed by atoms with E-state index < -0.39 is 0 Å². The van der Waals surface area contributed by atoms with Gasteiger partial charge in [0, 0.05) is 14.5 Å². The van der Waals surface area contributed by atoms with Gasteiger partial charge in [-0.1, -0.05) is 49.5 Å². The molecule has 5 heteroatoms. The van der Waals surface area contributed by atoms with Gasteiger partial charge in [0.2, 0.25) is 0 Å². The Labute approximate surface area is 126 Å². The summed E-state index contributed by atoms with van der Waals surface area (Å²) in [6.45, 7) is 0. The summed E-state index contributed by atoms with van der Waals surface area (Å²) >= 11 is 13.1. The maximum absolute atomic E-state index is 6.13. The molecular formula is C13H7Br2ClN2. The quantitative estimate of drug-likeness (QED) is 0.595. The molecule has 0 aliphatic heterocycles. The first-order chi connectivity index (χ1) is 8.65. The summed E-state index contributed by atoms with van der Waals surface area (Å²) in [4.78, 5) is 7.82. The van der Waals surface area contributed by atoms with Gasteiger partial charge in [-0.25, -0.2) is 4.98 Å². The number of para-hydroxylation sites is 1. The molecular weight excluding hydrogens is 379 g/mol. The first-order valence-corrected chi connectivity index (χ1v) is 7.21. The lowest BCUT2D eigenvalue weighted by atomic mass is 10.2. The van der Waals surface area contributed by atoms with Gasteiger partial charge in [0.25, 0.3) is 0 Å². The standard InChI is InChI=1S/C13H7Br2ClN2/c14-7-4-5-9(15)8(6-7)13-17-11-3-1-2-10(16)12(11)18-13/h1-6H,(H,17,18). The molecule has 1 aromatic heterocycles. The van der Waals surface area contributed by atoms with Crippen molar-refractivity contribution < 1.29 is 0 Å². The molecule has 0 saturated carbocycles. The van der Waals surface area contributed by atoms with E-state index in [1.54, 1.807) is 0 Å². The number of imidazole rings is 1. The predicted molar refractivity (Wildman–Crippen MR) is 81.9 cm³/mol. The molecule has 3 aromatic rings. The number of aromatic nitrogens is 2. The number of nitrogens with zero attached hydrogens (tertiary/aromatic N) is 1. The van der Waals surface area contributed by atoms with Crippen molar-refractivity contribution >= 4 is 54.5 Å². The average Bonchev–Trinajstić information content (AvgIpc) is 2.77. The first kappa shape index (κ1) is 12.2. The molecule has 1 heterocycles. The molecule has 3 rings (SSSR count). The van der Waals surface area contributed by atoms with E-state index >= 15 is 0 Å². The minimum atomic E-state index is 0.654. The van der Waals surface area contributed by atoms with Crippen LogP contribution in [-0.4, -0.2) is 9.97 Å². The van der Waals surface area contributed by atoms with Crippen molar-refractivity contribution in [1.82, 2.24) is 9.97 Å². The van der Waals surface area contributed by atoms with Crippen LogP contribution in [0.1, 0.15) is 0 Å². The zero-order valence-electron chi connectivity index (χ0n) is 9.05. The molecule has 0 bridgehead atoms. The molecule has 90 valence electrons. The molecule has 2 nitrogen and oxygen atoms in total. The van der Waals surface area contributed by atoms with Crippen molar-refractivity contribution in [1.29, 1.82) is 0 Å². The fraction of sp³-hybridized carbons (Fsp3) is 0. The van der Waals surface area contributed by atoms with Crippen LogP contribution in [0.4, 0.5) is 0 Å². The van der Waals surface area contributed by atoms with E-state index in [1.807, 2.05) is 36.4 Å². The van der Waals surface area contributed by atoms with Crippen LogP contribution in [0, 0.1) is 0 Å². The van der Waals surface area contributed by atoms with E-state index in [-0.39, 0.29) is 0 Å². The van der Waals surface area contributed by atoms with Gasteiger partial charge in [0.15, 0.2) is 0 Å². The Morgan fingerprint density at radius 2 is 1.94 bits per heavy atom. The van der Waals surface area contributed by atoms with Crippen molar-refractivity contribution in [3.05, 3.63) is 50.4 Å². The van der Waals surface area contributed by atoms with Crippen LogP contribution in [0.5, 0.6) is 0 Å². The lowest BCUT2D eigenvalue weighted by Gasteiger charge is -2.01. The number of rotatable bonds is 1. The molecule has 0 fully saturated rings. The lowest BCUT2D eigenvalue weighted by Crippen LogP contribution is -1.82. The number of H-pyrrole nitrogens is 1. The second kappa shape index (κ2) is 4.68. The SMILES string of the molecule is Clc1cccc2[nH]c(-c3cc(Br)ccc3Br)nc12. The van der Waals surface area contributed by atoms with Gasteiger partial charge >= 0.3 is 0 Å². The number of fused-ring (bicyclic) bond motifs is 1. The van der Waals surface area contributed by atoms with Gasteiger partial charge in [-0.15, -0.1) is 0 Å². The normalized spacial score (nSPS) is 11.1. The van der Waals surface area contributed by atoms with Crippen LogP contribution in [0.25, 0.3) is 22.4 Å². The largest absolute Gasteiger partial charge is 0.338 e. The smallest absolute Gasteiger partial charge is 0.139 e. The number of halogens is 3. The van der Waals surface area contributed by atoms with Crippen molar-refractivity contribution in [2.75, 3.05) is 0 Å². The maximum atomic E-state index is 6.13. The molecule has 0 amide bonds. The third-order valence-electron chi connectivity index (χ3n) is 2.65. The molecule has 18 heavy (non-hydrogen) atoms. The van der Waals surface area contributed by atoms with Crippen molar-refractivity contribution in [3.8, 4) is 11.4 Å². The number of aromatic amines is 1. The van der Waals surface area contributed by atoms with Gasteiger partial charge in [-0.3, -0.25) is 0 Å². The zero-order valence-corrected chi connectivity index (χ0v) is 13.0. The first-order valence-electron chi connectivity index (χ1n) is 5.25. The summed E-state index contributed by atoms with van der Waals surface area (Å²) < 4.78 is 1.99. The summed E-state index contributed by atoms with van der Waals surface area (Å²) in [5, 5.41) is 0.654. The van der Waals surface area contributed by atoms with Crippen LogP contribution in [0.15, 0.2) is 45.3 Å². The molecule has 0 saturated heterocycles. The van der Waals surface area contributed by atoms with Crippen LogP contribution in [0.2, 0.25) is 5.02 Å². The van der Waals surface area contributed by atoms with E-state index in [2.05, 4.69) is 41.8 Å². The van der Waals surface area contributed by atoms with Gasteiger partial charge in [0.1, 0.15) is 11.3 Å². The van der Waals surface area contributed by atoms with E-state index in [1.165, 1.54) is 0 Å². The molecule has 0 radical (unpaired) electrons. The van der Waals surface area contributed by atoms with E-state index in [4.69, 9.17) is 11.6 Å². The van der Waals surface area contributed by atoms with Crippen molar-refractivity contribution in [2.45, 2.75) is 0 Å². The number of benzene rings is 2. The van der Waals surface area contributed by atoms with Gasteiger partial charge in [-0.05, 0) is 30.3 Å². The van der Waals surface area contributed by atoms with Gasteiger partial charge in [0.05, 0.1) is 10.5 Å². The summed E-state index contributed by atoms with van der Waals surface area (Å²) in [6, 6.07) is 11.7. The van der Waals surface area contributed by atoms with Gasteiger partial charge < -0.3 is 4.98 Å². The lowest BCUT2D eigenvalue weighted by molar-refractivity contribution is 1.32. The topological polar surface area (TPSA) is 28.7 Å². The molecule has 0 aliphatic rings. The second-order valence-electron chi connectivity index (χ2n) is 3.85. The summed E-state index contributed by atoms with van der Waals surface area (Å²) in [5.74, 6) is 0.797. The van der Waals surface area contributed by atoms with Crippen LogP contribution < -0.4 is 0 Å². The number of hydrogen-bond acceptors (Lipinski definition) is 1. The highest BCUT2D eigenvalue weighted by Crippen LogP contribution is 2.31. The maximum Gasteiger partial charge on any atom is 0.139 e.